The molecule has 1 aliphatic rings. The van der Waals surface area contributed by atoms with Gasteiger partial charge in [-0.05, 0) is 6.42 Å². The summed E-state index contributed by atoms with van der Waals surface area (Å²) in [5.41, 5.74) is 0. The zero-order chi connectivity index (χ0) is 11.3. The van der Waals surface area contributed by atoms with Crippen molar-refractivity contribution in [2.24, 2.45) is 0 Å². The lowest BCUT2D eigenvalue weighted by atomic mass is 10.1. The van der Waals surface area contributed by atoms with Gasteiger partial charge < -0.3 is 15.0 Å². The number of methoxy groups -OCH3 is 1. The van der Waals surface area contributed by atoms with Crippen molar-refractivity contribution in [2.75, 3.05) is 20.7 Å². The van der Waals surface area contributed by atoms with Gasteiger partial charge in [-0.15, -0.1) is 0 Å². The molecule has 1 fully saturated rings. The Labute approximate surface area is 89.1 Å². The highest BCUT2D eigenvalue weighted by Crippen LogP contribution is 2.09. The molecule has 0 bridgehead atoms. The summed E-state index contributed by atoms with van der Waals surface area (Å²) in [6.45, 7) is 0.671. The predicted octanol–water partition coefficient (Wildman–Crippen LogP) is -0.117. The molecule has 0 aliphatic carbocycles. The fourth-order valence-corrected chi connectivity index (χ4v) is 1.47. The lowest BCUT2D eigenvalue weighted by Crippen LogP contribution is -2.45. The summed E-state index contributed by atoms with van der Waals surface area (Å²) in [4.78, 5) is 23.6. The maximum absolute atomic E-state index is 11.2. The van der Waals surface area contributed by atoms with Crippen molar-refractivity contribution in [1.29, 1.82) is 0 Å². The van der Waals surface area contributed by atoms with Gasteiger partial charge in [0.25, 0.3) is 0 Å². The lowest BCUT2D eigenvalue weighted by Gasteiger charge is -2.29. The van der Waals surface area contributed by atoms with Crippen molar-refractivity contribution in [3.8, 4) is 0 Å². The SMILES string of the molecule is COC(=O)/C=C/NC1CCC(=O)N(C)C1. The number of likely N-dealkylation sites (tertiary alicyclic amines) is 1. The molecule has 0 spiro atoms. The largest absolute Gasteiger partial charge is 0.466 e. The van der Waals surface area contributed by atoms with E-state index in [0.717, 1.165) is 6.42 Å². The molecule has 1 unspecified atom stereocenters. The van der Waals surface area contributed by atoms with Crippen LogP contribution in [-0.2, 0) is 14.3 Å². The second-order valence-corrected chi connectivity index (χ2v) is 3.53. The van der Waals surface area contributed by atoms with Gasteiger partial charge in [0.2, 0.25) is 5.91 Å². The minimum absolute atomic E-state index is 0.171. The van der Waals surface area contributed by atoms with Crippen molar-refractivity contribution in [3.05, 3.63) is 12.3 Å². The van der Waals surface area contributed by atoms with Crippen molar-refractivity contribution in [2.45, 2.75) is 18.9 Å². The summed E-state index contributed by atoms with van der Waals surface area (Å²) < 4.78 is 4.45. The Kier molecular flexibility index (Phi) is 4.15. The zero-order valence-electron chi connectivity index (χ0n) is 9.03. The number of piperidine rings is 1. The molecule has 5 nitrogen and oxygen atoms in total. The number of nitrogens with one attached hydrogen (secondary N) is 1. The molecule has 0 radical (unpaired) electrons. The molecule has 0 aromatic rings. The Balaban J connectivity index is 2.31. The van der Waals surface area contributed by atoms with Crippen LogP contribution in [0.15, 0.2) is 12.3 Å². The van der Waals surface area contributed by atoms with Crippen LogP contribution in [0.5, 0.6) is 0 Å². The smallest absolute Gasteiger partial charge is 0.331 e. The minimum Gasteiger partial charge on any atom is -0.466 e. The number of hydrogen-bond acceptors (Lipinski definition) is 4. The summed E-state index contributed by atoms with van der Waals surface area (Å²) in [6, 6.07) is 0.216. The van der Waals surface area contributed by atoms with Gasteiger partial charge in [-0.2, -0.15) is 0 Å². The van der Waals surface area contributed by atoms with Crippen LogP contribution >= 0.6 is 0 Å². The Morgan fingerprint density at radius 2 is 2.40 bits per heavy atom. The minimum atomic E-state index is -0.386. The molecule has 0 aromatic carbocycles. The van der Waals surface area contributed by atoms with Gasteiger partial charge in [-0.3, -0.25) is 4.79 Å². The topological polar surface area (TPSA) is 58.6 Å². The number of carbonyl (C=O) groups is 2. The first-order chi connectivity index (χ1) is 7.13. The van der Waals surface area contributed by atoms with Crippen LogP contribution in [0, 0.1) is 0 Å². The molecule has 5 heteroatoms. The molecule has 15 heavy (non-hydrogen) atoms. The van der Waals surface area contributed by atoms with Crippen LogP contribution in [0.4, 0.5) is 0 Å². The summed E-state index contributed by atoms with van der Waals surface area (Å²) in [5, 5.41) is 3.06. The van der Waals surface area contributed by atoms with E-state index in [4.69, 9.17) is 0 Å². The number of hydrogen-bond donors (Lipinski definition) is 1. The highest BCUT2D eigenvalue weighted by molar-refractivity contribution is 5.81. The standard InChI is InChI=1S/C10H16N2O3/c1-12-7-8(3-4-9(12)13)11-6-5-10(14)15-2/h5-6,8,11H,3-4,7H2,1-2H3/b6-5+. The molecule has 1 aliphatic heterocycles. The molecule has 0 aromatic heterocycles. The highest BCUT2D eigenvalue weighted by Gasteiger charge is 2.21. The number of ether oxygens (including phenoxy) is 1. The summed E-state index contributed by atoms with van der Waals surface area (Å²) in [7, 11) is 3.11. The average molecular weight is 212 g/mol. The van der Waals surface area contributed by atoms with E-state index < -0.39 is 0 Å². The summed E-state index contributed by atoms with van der Waals surface area (Å²) in [5.74, 6) is -0.215. The number of likely N-dealkylation sites (N-methyl/N-ethyl adjacent to an activating group) is 1. The van der Waals surface area contributed by atoms with Gasteiger partial charge in [0.15, 0.2) is 0 Å². The number of amides is 1. The fourth-order valence-electron chi connectivity index (χ4n) is 1.47. The van der Waals surface area contributed by atoms with Crippen LogP contribution in [0.2, 0.25) is 0 Å². The van der Waals surface area contributed by atoms with E-state index in [2.05, 4.69) is 10.1 Å². The third-order valence-electron chi connectivity index (χ3n) is 2.38. The van der Waals surface area contributed by atoms with Gasteiger partial charge in [0, 0.05) is 38.3 Å². The van der Waals surface area contributed by atoms with E-state index in [1.807, 2.05) is 0 Å². The molecule has 0 saturated carbocycles. The van der Waals surface area contributed by atoms with Gasteiger partial charge in [-0.25, -0.2) is 4.79 Å². The van der Waals surface area contributed by atoms with E-state index >= 15 is 0 Å². The first-order valence-electron chi connectivity index (χ1n) is 4.88. The average Bonchev–Trinajstić information content (AvgIpc) is 2.23. The Morgan fingerprint density at radius 3 is 3.00 bits per heavy atom. The summed E-state index contributed by atoms with van der Waals surface area (Å²) >= 11 is 0. The quantitative estimate of drug-likeness (QED) is 0.523. The second-order valence-electron chi connectivity index (χ2n) is 3.53. The molecule has 1 rings (SSSR count). The van der Waals surface area contributed by atoms with E-state index in [0.29, 0.717) is 13.0 Å². The molecule has 1 atom stereocenters. The Morgan fingerprint density at radius 1 is 1.67 bits per heavy atom. The first-order valence-corrected chi connectivity index (χ1v) is 4.88. The second kappa shape index (κ2) is 5.38. The predicted molar refractivity (Wildman–Crippen MR) is 55.0 cm³/mol. The Hall–Kier alpha value is -1.52. The monoisotopic (exact) mass is 212 g/mol. The molecule has 1 N–H and O–H groups in total. The molecule has 1 amide bonds. The third kappa shape index (κ3) is 3.61. The maximum atomic E-state index is 11.2. The van der Waals surface area contributed by atoms with Crippen LogP contribution < -0.4 is 5.32 Å². The van der Waals surface area contributed by atoms with Gasteiger partial charge >= 0.3 is 5.97 Å². The van der Waals surface area contributed by atoms with E-state index in [1.165, 1.54) is 13.2 Å². The van der Waals surface area contributed by atoms with Crippen molar-refractivity contribution in [1.82, 2.24) is 10.2 Å². The van der Waals surface area contributed by atoms with Crippen LogP contribution in [0.25, 0.3) is 0 Å². The van der Waals surface area contributed by atoms with Crippen LogP contribution in [-0.4, -0.2) is 43.5 Å². The summed E-state index contributed by atoms with van der Waals surface area (Å²) in [6.07, 6.45) is 4.26. The van der Waals surface area contributed by atoms with E-state index in [1.54, 1.807) is 18.1 Å². The molecule has 1 heterocycles. The number of esters is 1. The Bertz CT molecular complexity index is 276. The van der Waals surface area contributed by atoms with Gasteiger partial charge in [0.1, 0.15) is 0 Å². The van der Waals surface area contributed by atoms with Crippen LogP contribution in [0.1, 0.15) is 12.8 Å². The number of carbonyl (C=O) groups excluding carboxylic acids is 2. The van der Waals surface area contributed by atoms with Crippen molar-refractivity contribution < 1.29 is 14.3 Å². The van der Waals surface area contributed by atoms with Gasteiger partial charge in [-0.1, -0.05) is 0 Å². The lowest BCUT2D eigenvalue weighted by molar-refractivity contribution is -0.135. The number of rotatable bonds is 3. The molecule has 84 valence electrons. The number of nitrogens with zero attached hydrogens (tertiary/aromatic N) is 1. The molecular weight excluding hydrogens is 196 g/mol. The highest BCUT2D eigenvalue weighted by atomic mass is 16.5. The fraction of sp³-hybridized carbons (Fsp3) is 0.600. The van der Waals surface area contributed by atoms with Gasteiger partial charge in [0.05, 0.1) is 7.11 Å². The normalized spacial score (nSPS) is 21.9. The molecular formula is C10H16N2O3. The van der Waals surface area contributed by atoms with Crippen molar-refractivity contribution in [3.63, 3.8) is 0 Å². The maximum Gasteiger partial charge on any atom is 0.331 e. The van der Waals surface area contributed by atoms with E-state index in [-0.39, 0.29) is 17.9 Å². The zero-order valence-corrected chi connectivity index (χ0v) is 9.03. The van der Waals surface area contributed by atoms with Crippen molar-refractivity contribution >= 4 is 11.9 Å². The molecule has 1 saturated heterocycles. The third-order valence-corrected chi connectivity index (χ3v) is 2.38. The first kappa shape index (κ1) is 11.6. The van der Waals surface area contributed by atoms with E-state index in [9.17, 15) is 9.59 Å². The van der Waals surface area contributed by atoms with Crippen LogP contribution in [0.3, 0.4) is 0 Å².